The lowest BCUT2D eigenvalue weighted by molar-refractivity contribution is 1.07. The van der Waals surface area contributed by atoms with Gasteiger partial charge in [0.2, 0.25) is 0 Å². The average molecular weight is 282 g/mol. The second-order valence-corrected chi connectivity index (χ2v) is 5.21. The van der Waals surface area contributed by atoms with Crippen LogP contribution in [0.1, 0.15) is 11.1 Å². The number of benzene rings is 2. The van der Waals surface area contributed by atoms with Crippen molar-refractivity contribution in [1.29, 1.82) is 0 Å². The standard InChI is InChI=1S/C17H18N2S/c1-18-16(15-11-7-4-8-12-15)17(19-2)20-13-14-9-5-3-6-10-14/h3-12,19H,1,13H2,2H3/b17-16-. The SMILES string of the molecule is C=N/C(=C(/NC)SCc1ccccc1)c1ccccc1. The van der Waals surface area contributed by atoms with E-state index in [4.69, 9.17) is 0 Å². The Kier molecular flexibility index (Phi) is 5.44. The molecule has 0 aromatic heterocycles. The van der Waals surface area contributed by atoms with E-state index < -0.39 is 0 Å². The molecule has 2 rings (SSSR count). The minimum Gasteiger partial charge on any atom is -0.381 e. The Morgan fingerprint density at radius 1 is 1.05 bits per heavy atom. The van der Waals surface area contributed by atoms with Gasteiger partial charge in [0.15, 0.2) is 0 Å². The first kappa shape index (κ1) is 14.4. The lowest BCUT2D eigenvalue weighted by atomic mass is 10.2. The van der Waals surface area contributed by atoms with Crippen LogP contribution in [0.3, 0.4) is 0 Å². The maximum atomic E-state index is 4.19. The maximum Gasteiger partial charge on any atom is 0.0992 e. The second kappa shape index (κ2) is 7.56. The van der Waals surface area contributed by atoms with E-state index in [0.717, 1.165) is 22.0 Å². The molecule has 0 radical (unpaired) electrons. The minimum absolute atomic E-state index is 0.897. The number of hydrogen-bond acceptors (Lipinski definition) is 3. The van der Waals surface area contributed by atoms with Gasteiger partial charge in [0.25, 0.3) is 0 Å². The third-order valence-electron chi connectivity index (χ3n) is 2.87. The third kappa shape index (κ3) is 3.75. The van der Waals surface area contributed by atoms with Crippen LogP contribution >= 0.6 is 11.8 Å². The van der Waals surface area contributed by atoms with Crippen LogP contribution in [0.2, 0.25) is 0 Å². The van der Waals surface area contributed by atoms with E-state index in [9.17, 15) is 0 Å². The lowest BCUT2D eigenvalue weighted by Crippen LogP contribution is -2.05. The van der Waals surface area contributed by atoms with Crippen molar-refractivity contribution >= 4 is 24.2 Å². The monoisotopic (exact) mass is 282 g/mol. The van der Waals surface area contributed by atoms with Crippen LogP contribution in [-0.2, 0) is 5.75 Å². The van der Waals surface area contributed by atoms with Crippen molar-refractivity contribution < 1.29 is 0 Å². The van der Waals surface area contributed by atoms with Gasteiger partial charge in [-0.2, -0.15) is 0 Å². The maximum absolute atomic E-state index is 4.19. The number of nitrogens with zero attached hydrogens (tertiary/aromatic N) is 1. The van der Waals surface area contributed by atoms with Crippen LogP contribution in [0.15, 0.2) is 70.7 Å². The van der Waals surface area contributed by atoms with Crippen LogP contribution in [0.5, 0.6) is 0 Å². The molecule has 0 fully saturated rings. The first-order valence-corrected chi connectivity index (χ1v) is 7.44. The van der Waals surface area contributed by atoms with Crippen LogP contribution in [0.25, 0.3) is 5.70 Å². The van der Waals surface area contributed by atoms with Gasteiger partial charge >= 0.3 is 0 Å². The Bertz CT molecular complexity index is 576. The molecule has 20 heavy (non-hydrogen) atoms. The predicted octanol–water partition coefficient (Wildman–Crippen LogP) is 4.17. The van der Waals surface area contributed by atoms with Crippen LogP contribution in [0, 0.1) is 0 Å². The number of nitrogens with one attached hydrogen (secondary N) is 1. The van der Waals surface area contributed by atoms with Crippen LogP contribution in [-0.4, -0.2) is 13.8 Å². The molecule has 3 heteroatoms. The zero-order valence-corrected chi connectivity index (χ0v) is 12.4. The van der Waals surface area contributed by atoms with Crippen LogP contribution in [0.4, 0.5) is 0 Å². The number of aliphatic imine (C=N–C) groups is 1. The summed E-state index contributed by atoms with van der Waals surface area (Å²) in [5, 5.41) is 4.27. The summed E-state index contributed by atoms with van der Waals surface area (Å²) in [4.78, 5) is 4.19. The fraction of sp³-hybridized carbons (Fsp3) is 0.118. The second-order valence-electron chi connectivity index (χ2n) is 4.23. The van der Waals surface area contributed by atoms with Gasteiger partial charge < -0.3 is 5.32 Å². The molecule has 1 N–H and O–H groups in total. The van der Waals surface area contributed by atoms with E-state index >= 15 is 0 Å². The van der Waals surface area contributed by atoms with E-state index in [1.165, 1.54) is 5.56 Å². The summed E-state index contributed by atoms with van der Waals surface area (Å²) in [7, 11) is 1.92. The summed E-state index contributed by atoms with van der Waals surface area (Å²) in [6.45, 7) is 3.70. The zero-order chi connectivity index (χ0) is 14.2. The highest BCUT2D eigenvalue weighted by Crippen LogP contribution is 2.28. The molecule has 0 bridgehead atoms. The van der Waals surface area contributed by atoms with E-state index in [1.54, 1.807) is 11.8 Å². The van der Waals surface area contributed by atoms with Crippen molar-refractivity contribution in [2.75, 3.05) is 7.05 Å². The molecule has 0 unspecified atom stereocenters. The minimum atomic E-state index is 0.897. The largest absolute Gasteiger partial charge is 0.381 e. The lowest BCUT2D eigenvalue weighted by Gasteiger charge is -2.11. The number of rotatable bonds is 6. The molecular formula is C17H18N2S. The van der Waals surface area contributed by atoms with Crippen molar-refractivity contribution in [2.45, 2.75) is 5.75 Å². The van der Waals surface area contributed by atoms with E-state index in [0.29, 0.717) is 0 Å². The summed E-state index contributed by atoms with van der Waals surface area (Å²) < 4.78 is 0. The number of thioether (sulfide) groups is 1. The average Bonchev–Trinajstić information content (AvgIpc) is 2.53. The molecule has 0 aliphatic rings. The van der Waals surface area contributed by atoms with Crippen molar-refractivity contribution in [1.82, 2.24) is 5.32 Å². The van der Waals surface area contributed by atoms with Crippen molar-refractivity contribution in [3.8, 4) is 0 Å². The summed E-state index contributed by atoms with van der Waals surface area (Å²) in [6.07, 6.45) is 0. The highest BCUT2D eigenvalue weighted by molar-refractivity contribution is 8.02. The molecule has 0 saturated heterocycles. The molecule has 0 atom stereocenters. The Balaban J connectivity index is 2.20. The van der Waals surface area contributed by atoms with Crippen LogP contribution < -0.4 is 5.32 Å². The number of hydrogen-bond donors (Lipinski definition) is 1. The molecule has 0 heterocycles. The highest BCUT2D eigenvalue weighted by atomic mass is 32.2. The molecule has 0 aliphatic carbocycles. The molecule has 0 saturated carbocycles. The van der Waals surface area contributed by atoms with Gasteiger partial charge in [0, 0.05) is 18.4 Å². The van der Waals surface area contributed by atoms with Gasteiger partial charge in [-0.05, 0) is 12.3 Å². The molecule has 2 aromatic rings. The summed E-state index contributed by atoms with van der Waals surface area (Å²) in [6, 6.07) is 20.5. The molecule has 0 spiro atoms. The zero-order valence-electron chi connectivity index (χ0n) is 11.5. The highest BCUT2D eigenvalue weighted by Gasteiger charge is 2.07. The molecule has 2 aromatic carbocycles. The Labute approximate surface area is 124 Å². The Morgan fingerprint density at radius 2 is 1.65 bits per heavy atom. The summed E-state index contributed by atoms with van der Waals surface area (Å²) >= 11 is 1.74. The molecular weight excluding hydrogens is 264 g/mol. The van der Waals surface area contributed by atoms with Gasteiger partial charge in [-0.15, -0.1) is 11.8 Å². The van der Waals surface area contributed by atoms with Gasteiger partial charge in [-0.1, -0.05) is 60.7 Å². The van der Waals surface area contributed by atoms with Gasteiger partial charge in [0.05, 0.1) is 10.7 Å². The van der Waals surface area contributed by atoms with Gasteiger partial charge in [-0.3, -0.25) is 4.99 Å². The van der Waals surface area contributed by atoms with E-state index in [1.807, 2.05) is 43.4 Å². The molecule has 102 valence electrons. The van der Waals surface area contributed by atoms with Crippen molar-refractivity contribution in [3.05, 3.63) is 76.8 Å². The van der Waals surface area contributed by atoms with Crippen molar-refractivity contribution in [2.24, 2.45) is 4.99 Å². The predicted molar refractivity (Wildman–Crippen MR) is 89.7 cm³/mol. The smallest absolute Gasteiger partial charge is 0.0992 e. The van der Waals surface area contributed by atoms with E-state index in [2.05, 4.69) is 41.3 Å². The topological polar surface area (TPSA) is 24.4 Å². The molecule has 0 aliphatic heterocycles. The molecule has 0 amide bonds. The molecule has 2 nitrogen and oxygen atoms in total. The summed E-state index contributed by atoms with van der Waals surface area (Å²) in [5.74, 6) is 0.906. The first-order chi connectivity index (χ1) is 9.85. The third-order valence-corrected chi connectivity index (χ3v) is 4.04. The Morgan fingerprint density at radius 3 is 2.20 bits per heavy atom. The Hall–Kier alpha value is -2.00. The van der Waals surface area contributed by atoms with E-state index in [-0.39, 0.29) is 0 Å². The fourth-order valence-electron chi connectivity index (χ4n) is 1.88. The van der Waals surface area contributed by atoms with Crippen molar-refractivity contribution in [3.63, 3.8) is 0 Å². The normalized spacial score (nSPS) is 11.7. The quantitative estimate of drug-likeness (QED) is 0.804. The first-order valence-electron chi connectivity index (χ1n) is 6.46. The van der Waals surface area contributed by atoms with Gasteiger partial charge in [-0.25, -0.2) is 0 Å². The summed E-state index contributed by atoms with van der Waals surface area (Å²) in [5.41, 5.74) is 3.27. The van der Waals surface area contributed by atoms with Gasteiger partial charge in [0.1, 0.15) is 0 Å². The fourth-order valence-corrected chi connectivity index (χ4v) is 2.85.